The number of nitrogens with zero attached hydrogens (tertiary/aromatic N) is 1. The molecule has 0 aliphatic rings. The molecule has 0 radical (unpaired) electrons. The second kappa shape index (κ2) is 3.64. The molecule has 0 saturated heterocycles. The van der Waals surface area contributed by atoms with Crippen LogP contribution in [0.3, 0.4) is 0 Å². The SMILES string of the molecule is [Pt].c1ccc2cnccc2c1. The molecule has 1 nitrogen and oxygen atoms in total. The average Bonchev–Trinajstić information content (AvgIpc) is 2.05. The second-order valence-electron chi connectivity index (χ2n) is 2.22. The molecular weight excluding hydrogens is 317 g/mol. The smallest absolute Gasteiger partial charge is 0.0346 e. The number of aromatic nitrogens is 1. The largest absolute Gasteiger partial charge is 0.264 e. The Morgan fingerprint density at radius 2 is 1.64 bits per heavy atom. The van der Waals surface area contributed by atoms with Crippen molar-refractivity contribution in [2.45, 2.75) is 0 Å². The molecule has 0 aliphatic heterocycles. The number of hydrogen-bond acceptors (Lipinski definition) is 1. The van der Waals surface area contributed by atoms with Crippen LogP contribution >= 0.6 is 0 Å². The molecule has 0 saturated carbocycles. The molecule has 0 N–H and O–H groups in total. The molecule has 11 heavy (non-hydrogen) atoms. The molecular formula is C9H7NPt. The molecule has 1 aromatic carbocycles. The molecule has 2 heteroatoms. The summed E-state index contributed by atoms with van der Waals surface area (Å²) >= 11 is 0. The quantitative estimate of drug-likeness (QED) is 0.724. The van der Waals surface area contributed by atoms with Crippen LogP contribution in [0.2, 0.25) is 0 Å². The van der Waals surface area contributed by atoms with Crippen molar-refractivity contribution in [2.75, 3.05) is 0 Å². The van der Waals surface area contributed by atoms with Gasteiger partial charge in [0.05, 0.1) is 0 Å². The van der Waals surface area contributed by atoms with E-state index >= 15 is 0 Å². The fourth-order valence-electron chi connectivity index (χ4n) is 1.03. The molecule has 58 valence electrons. The van der Waals surface area contributed by atoms with Gasteiger partial charge >= 0.3 is 0 Å². The van der Waals surface area contributed by atoms with Gasteiger partial charge in [0, 0.05) is 33.5 Å². The summed E-state index contributed by atoms with van der Waals surface area (Å²) in [5, 5.41) is 2.45. The van der Waals surface area contributed by atoms with Crippen molar-refractivity contribution in [3.63, 3.8) is 0 Å². The first-order chi connectivity index (χ1) is 4.97. The van der Waals surface area contributed by atoms with E-state index in [2.05, 4.69) is 17.1 Å². The fraction of sp³-hybridized carbons (Fsp3) is 0. The normalized spacial score (nSPS) is 9.09. The van der Waals surface area contributed by atoms with Crippen molar-refractivity contribution in [2.24, 2.45) is 0 Å². The van der Waals surface area contributed by atoms with Gasteiger partial charge < -0.3 is 0 Å². The van der Waals surface area contributed by atoms with E-state index in [1.165, 1.54) is 10.8 Å². The minimum absolute atomic E-state index is 0. The first-order valence-corrected chi connectivity index (χ1v) is 3.25. The Balaban J connectivity index is 0.000000605. The third kappa shape index (κ3) is 1.66. The van der Waals surface area contributed by atoms with E-state index in [-0.39, 0.29) is 21.1 Å². The molecule has 0 spiro atoms. The van der Waals surface area contributed by atoms with Crippen LogP contribution in [0.25, 0.3) is 10.8 Å². The van der Waals surface area contributed by atoms with Crippen LogP contribution in [-0.2, 0) is 21.1 Å². The van der Waals surface area contributed by atoms with E-state index in [0.29, 0.717) is 0 Å². The van der Waals surface area contributed by atoms with Crippen LogP contribution in [0.1, 0.15) is 0 Å². The summed E-state index contributed by atoms with van der Waals surface area (Å²) in [6.07, 6.45) is 3.68. The van der Waals surface area contributed by atoms with E-state index in [1.807, 2.05) is 30.6 Å². The van der Waals surface area contributed by atoms with Gasteiger partial charge in [-0.25, -0.2) is 0 Å². The molecule has 0 fully saturated rings. The zero-order chi connectivity index (χ0) is 6.81. The van der Waals surface area contributed by atoms with Gasteiger partial charge in [-0.3, -0.25) is 4.98 Å². The van der Waals surface area contributed by atoms with Crippen LogP contribution in [0.4, 0.5) is 0 Å². The summed E-state index contributed by atoms with van der Waals surface area (Å²) in [6.45, 7) is 0. The zero-order valence-corrected chi connectivity index (χ0v) is 8.08. The predicted molar refractivity (Wildman–Crippen MR) is 41.7 cm³/mol. The van der Waals surface area contributed by atoms with E-state index in [9.17, 15) is 0 Å². The molecule has 0 unspecified atom stereocenters. The number of rotatable bonds is 0. The van der Waals surface area contributed by atoms with Crippen LogP contribution in [-0.4, -0.2) is 4.98 Å². The number of fused-ring (bicyclic) bond motifs is 1. The Kier molecular flexibility index (Phi) is 2.78. The molecule has 2 rings (SSSR count). The molecule has 2 aromatic rings. The van der Waals surface area contributed by atoms with E-state index < -0.39 is 0 Å². The molecule has 0 bridgehead atoms. The Labute approximate surface area is 79.7 Å². The summed E-state index contributed by atoms with van der Waals surface area (Å²) in [6, 6.07) is 10.2. The van der Waals surface area contributed by atoms with Crippen molar-refractivity contribution >= 4 is 10.8 Å². The van der Waals surface area contributed by atoms with Crippen molar-refractivity contribution in [1.82, 2.24) is 4.98 Å². The minimum atomic E-state index is 0. The Morgan fingerprint density at radius 1 is 0.909 bits per heavy atom. The zero-order valence-electron chi connectivity index (χ0n) is 5.80. The van der Waals surface area contributed by atoms with Crippen molar-refractivity contribution < 1.29 is 21.1 Å². The van der Waals surface area contributed by atoms with Gasteiger partial charge in [-0.2, -0.15) is 0 Å². The first-order valence-electron chi connectivity index (χ1n) is 3.25. The number of pyridine rings is 1. The van der Waals surface area contributed by atoms with Gasteiger partial charge in [0.1, 0.15) is 0 Å². The molecule has 1 aromatic heterocycles. The summed E-state index contributed by atoms with van der Waals surface area (Å²) in [5.41, 5.74) is 0. The van der Waals surface area contributed by atoms with Crippen LogP contribution in [0.5, 0.6) is 0 Å². The molecule has 1 heterocycles. The van der Waals surface area contributed by atoms with Crippen molar-refractivity contribution in [3.8, 4) is 0 Å². The molecule has 0 amide bonds. The maximum Gasteiger partial charge on any atom is 0.0346 e. The average molecular weight is 324 g/mol. The van der Waals surface area contributed by atoms with Gasteiger partial charge in [0.15, 0.2) is 0 Å². The third-order valence-corrected chi connectivity index (χ3v) is 1.55. The Bertz CT molecular complexity index is 281. The topological polar surface area (TPSA) is 12.9 Å². The summed E-state index contributed by atoms with van der Waals surface area (Å²) < 4.78 is 0. The maximum atomic E-state index is 4.01. The van der Waals surface area contributed by atoms with Gasteiger partial charge in [-0.15, -0.1) is 0 Å². The van der Waals surface area contributed by atoms with Crippen molar-refractivity contribution in [3.05, 3.63) is 42.7 Å². The first kappa shape index (κ1) is 8.42. The third-order valence-electron chi connectivity index (χ3n) is 1.55. The summed E-state index contributed by atoms with van der Waals surface area (Å²) in [4.78, 5) is 4.01. The molecule has 0 aliphatic carbocycles. The minimum Gasteiger partial charge on any atom is -0.264 e. The Morgan fingerprint density at radius 3 is 2.36 bits per heavy atom. The second-order valence-corrected chi connectivity index (χ2v) is 2.22. The van der Waals surface area contributed by atoms with Gasteiger partial charge in [0.2, 0.25) is 0 Å². The van der Waals surface area contributed by atoms with E-state index in [4.69, 9.17) is 0 Å². The summed E-state index contributed by atoms with van der Waals surface area (Å²) in [7, 11) is 0. The van der Waals surface area contributed by atoms with Gasteiger partial charge in [-0.1, -0.05) is 24.3 Å². The van der Waals surface area contributed by atoms with E-state index in [1.54, 1.807) is 0 Å². The van der Waals surface area contributed by atoms with Gasteiger partial charge in [0.25, 0.3) is 0 Å². The van der Waals surface area contributed by atoms with Crippen molar-refractivity contribution in [1.29, 1.82) is 0 Å². The number of hydrogen-bond donors (Lipinski definition) is 0. The molecule has 0 atom stereocenters. The Hall–Kier alpha value is -0.682. The fourth-order valence-corrected chi connectivity index (χ4v) is 1.03. The predicted octanol–water partition coefficient (Wildman–Crippen LogP) is 2.23. The van der Waals surface area contributed by atoms with Crippen LogP contribution in [0, 0.1) is 0 Å². The summed E-state index contributed by atoms with van der Waals surface area (Å²) in [5.74, 6) is 0. The number of benzene rings is 1. The van der Waals surface area contributed by atoms with Gasteiger partial charge in [-0.05, 0) is 16.8 Å². The van der Waals surface area contributed by atoms with E-state index in [0.717, 1.165) is 0 Å². The standard InChI is InChI=1S/C9H7N.Pt/c1-2-4-9-7-10-6-5-8(9)3-1;/h1-7H;. The van der Waals surface area contributed by atoms with Crippen LogP contribution in [0.15, 0.2) is 42.7 Å². The van der Waals surface area contributed by atoms with Crippen LogP contribution < -0.4 is 0 Å². The monoisotopic (exact) mass is 324 g/mol. The maximum absolute atomic E-state index is 4.01.